The van der Waals surface area contributed by atoms with Gasteiger partial charge in [-0.2, -0.15) is 0 Å². The van der Waals surface area contributed by atoms with Crippen LogP contribution in [0, 0.1) is 0 Å². The third kappa shape index (κ3) is 2.56. The molecule has 0 fully saturated rings. The monoisotopic (exact) mass is 211 g/mol. The molecule has 0 aliphatic carbocycles. The van der Waals surface area contributed by atoms with E-state index in [9.17, 15) is 4.79 Å². The van der Waals surface area contributed by atoms with E-state index in [2.05, 4.69) is 0 Å². The first-order valence-corrected chi connectivity index (χ1v) is 5.05. The van der Waals surface area contributed by atoms with Crippen molar-refractivity contribution in [2.24, 2.45) is 5.73 Å². The Morgan fingerprint density at radius 3 is 2.43 bits per heavy atom. The summed E-state index contributed by atoms with van der Waals surface area (Å²) in [5.74, 6) is -0.00732. The molecule has 3 heteroatoms. The summed E-state index contributed by atoms with van der Waals surface area (Å²) in [6, 6.07) is 7.27. The van der Waals surface area contributed by atoms with Crippen LogP contribution in [0.5, 0.6) is 0 Å². The molecule has 0 spiro atoms. The maximum absolute atomic E-state index is 11.5. The third-order valence-corrected chi connectivity index (χ3v) is 2.50. The molecule has 76 valence electrons. The van der Waals surface area contributed by atoms with Crippen molar-refractivity contribution in [3.63, 3.8) is 0 Å². The smallest absolute Gasteiger partial charge is 0.141 e. The summed E-state index contributed by atoms with van der Waals surface area (Å²) in [5.41, 5.74) is 6.51. The van der Waals surface area contributed by atoms with Crippen LogP contribution in [0.3, 0.4) is 0 Å². The van der Waals surface area contributed by atoms with Crippen LogP contribution >= 0.6 is 11.6 Å². The largest absolute Gasteiger partial charge is 0.329 e. The molecule has 1 aromatic rings. The maximum Gasteiger partial charge on any atom is 0.141 e. The van der Waals surface area contributed by atoms with E-state index in [1.54, 1.807) is 12.1 Å². The highest BCUT2D eigenvalue weighted by Gasteiger charge is 2.16. The van der Waals surface area contributed by atoms with Crippen molar-refractivity contribution in [3.05, 3.63) is 34.9 Å². The van der Waals surface area contributed by atoms with E-state index in [4.69, 9.17) is 17.3 Å². The molecule has 0 heterocycles. The summed E-state index contributed by atoms with van der Waals surface area (Å²) >= 11 is 5.76. The number of rotatable bonds is 4. The fraction of sp³-hybridized carbons (Fsp3) is 0.364. The van der Waals surface area contributed by atoms with Crippen LogP contribution in [0.1, 0.15) is 24.8 Å². The molecular formula is C11H14ClNO. The van der Waals surface area contributed by atoms with Crippen LogP contribution in [0.2, 0.25) is 5.02 Å². The van der Waals surface area contributed by atoms with E-state index in [1.807, 2.05) is 19.1 Å². The Bertz CT molecular complexity index is 308. The number of halogens is 1. The quantitative estimate of drug-likeness (QED) is 0.831. The van der Waals surface area contributed by atoms with E-state index in [0.717, 1.165) is 5.56 Å². The van der Waals surface area contributed by atoms with E-state index in [1.165, 1.54) is 0 Å². The molecule has 0 aliphatic rings. The van der Waals surface area contributed by atoms with Crippen molar-refractivity contribution in [2.45, 2.75) is 19.3 Å². The highest BCUT2D eigenvalue weighted by molar-refractivity contribution is 6.30. The molecule has 0 saturated carbocycles. The average Bonchev–Trinajstić information content (AvgIpc) is 2.21. The standard InChI is InChI=1S/C11H14ClNO/c1-2-11(14)10(7-13)8-3-5-9(12)6-4-8/h3-6,10H,2,7,13H2,1H3/t10-/m1/s1. The summed E-state index contributed by atoms with van der Waals surface area (Å²) in [5, 5.41) is 0.675. The number of hydrogen-bond donors (Lipinski definition) is 1. The summed E-state index contributed by atoms with van der Waals surface area (Å²) in [7, 11) is 0. The second-order valence-corrected chi connectivity index (χ2v) is 3.60. The average molecular weight is 212 g/mol. The molecule has 0 unspecified atom stereocenters. The summed E-state index contributed by atoms with van der Waals surface area (Å²) in [6.07, 6.45) is 0.518. The molecule has 0 aliphatic heterocycles. The van der Waals surface area contributed by atoms with Gasteiger partial charge in [0.25, 0.3) is 0 Å². The highest BCUT2D eigenvalue weighted by atomic mass is 35.5. The zero-order valence-corrected chi connectivity index (χ0v) is 8.92. The fourth-order valence-corrected chi connectivity index (χ4v) is 1.52. The fourth-order valence-electron chi connectivity index (χ4n) is 1.39. The van der Waals surface area contributed by atoms with Gasteiger partial charge in [0.1, 0.15) is 5.78 Å². The topological polar surface area (TPSA) is 43.1 Å². The third-order valence-electron chi connectivity index (χ3n) is 2.25. The Morgan fingerprint density at radius 2 is 2.00 bits per heavy atom. The minimum absolute atomic E-state index is 0.176. The van der Waals surface area contributed by atoms with Gasteiger partial charge in [-0.15, -0.1) is 0 Å². The van der Waals surface area contributed by atoms with Gasteiger partial charge in [-0.25, -0.2) is 0 Å². The first-order chi connectivity index (χ1) is 6.69. The highest BCUT2D eigenvalue weighted by Crippen LogP contribution is 2.19. The minimum atomic E-state index is -0.183. The van der Waals surface area contributed by atoms with Crippen LogP contribution in [-0.4, -0.2) is 12.3 Å². The minimum Gasteiger partial charge on any atom is -0.329 e. The zero-order valence-electron chi connectivity index (χ0n) is 8.16. The zero-order chi connectivity index (χ0) is 10.6. The molecule has 1 aromatic carbocycles. The van der Waals surface area contributed by atoms with Crippen molar-refractivity contribution >= 4 is 17.4 Å². The Labute approximate surface area is 89.1 Å². The van der Waals surface area contributed by atoms with Gasteiger partial charge in [-0.3, -0.25) is 4.79 Å². The summed E-state index contributed by atoms with van der Waals surface area (Å²) < 4.78 is 0. The van der Waals surface area contributed by atoms with Crippen LogP contribution in [0.25, 0.3) is 0 Å². The van der Waals surface area contributed by atoms with Crippen LogP contribution < -0.4 is 5.73 Å². The second-order valence-electron chi connectivity index (χ2n) is 3.16. The number of ketones is 1. The maximum atomic E-state index is 11.5. The summed E-state index contributed by atoms with van der Waals surface area (Å²) in [6.45, 7) is 2.20. The first kappa shape index (κ1) is 11.2. The van der Waals surface area contributed by atoms with E-state index in [0.29, 0.717) is 18.0 Å². The lowest BCUT2D eigenvalue weighted by Gasteiger charge is -2.12. The number of carbonyl (C=O) groups is 1. The SMILES string of the molecule is CCC(=O)[C@H](CN)c1ccc(Cl)cc1. The first-order valence-electron chi connectivity index (χ1n) is 4.67. The van der Waals surface area contributed by atoms with E-state index >= 15 is 0 Å². The van der Waals surface area contributed by atoms with Gasteiger partial charge in [0.15, 0.2) is 0 Å². The molecular weight excluding hydrogens is 198 g/mol. The Balaban J connectivity index is 2.89. The molecule has 0 saturated heterocycles. The number of carbonyl (C=O) groups excluding carboxylic acids is 1. The number of hydrogen-bond acceptors (Lipinski definition) is 2. The van der Waals surface area contributed by atoms with Gasteiger partial charge in [0.05, 0.1) is 5.92 Å². The van der Waals surface area contributed by atoms with Crippen molar-refractivity contribution in [1.82, 2.24) is 0 Å². The van der Waals surface area contributed by atoms with Gasteiger partial charge < -0.3 is 5.73 Å². The second kappa shape index (κ2) is 5.13. The van der Waals surface area contributed by atoms with Crippen molar-refractivity contribution in [1.29, 1.82) is 0 Å². The number of nitrogens with two attached hydrogens (primary N) is 1. The van der Waals surface area contributed by atoms with Crippen molar-refractivity contribution < 1.29 is 4.79 Å². The number of benzene rings is 1. The van der Waals surface area contributed by atoms with E-state index < -0.39 is 0 Å². The molecule has 0 amide bonds. The lowest BCUT2D eigenvalue weighted by atomic mass is 9.93. The van der Waals surface area contributed by atoms with Crippen LogP contribution in [0.15, 0.2) is 24.3 Å². The molecule has 1 atom stereocenters. The normalized spacial score (nSPS) is 12.5. The molecule has 0 aromatic heterocycles. The van der Waals surface area contributed by atoms with Gasteiger partial charge in [0.2, 0.25) is 0 Å². The van der Waals surface area contributed by atoms with E-state index in [-0.39, 0.29) is 11.7 Å². The molecule has 2 nitrogen and oxygen atoms in total. The van der Waals surface area contributed by atoms with Crippen molar-refractivity contribution in [3.8, 4) is 0 Å². The molecule has 0 radical (unpaired) electrons. The number of Topliss-reactive ketones (excluding diaryl/α,β-unsaturated/α-hetero) is 1. The predicted molar refractivity (Wildman–Crippen MR) is 58.5 cm³/mol. The van der Waals surface area contributed by atoms with Gasteiger partial charge >= 0.3 is 0 Å². The Morgan fingerprint density at radius 1 is 1.43 bits per heavy atom. The van der Waals surface area contributed by atoms with Gasteiger partial charge in [-0.1, -0.05) is 30.7 Å². The summed E-state index contributed by atoms with van der Waals surface area (Å²) in [4.78, 5) is 11.5. The van der Waals surface area contributed by atoms with Crippen molar-refractivity contribution in [2.75, 3.05) is 6.54 Å². The van der Waals surface area contributed by atoms with Gasteiger partial charge in [-0.05, 0) is 17.7 Å². The molecule has 0 bridgehead atoms. The van der Waals surface area contributed by atoms with Crippen LogP contribution in [-0.2, 0) is 4.79 Å². The Hall–Kier alpha value is -0.860. The lowest BCUT2D eigenvalue weighted by Crippen LogP contribution is -2.20. The van der Waals surface area contributed by atoms with Crippen LogP contribution in [0.4, 0.5) is 0 Å². The van der Waals surface area contributed by atoms with Gasteiger partial charge in [0, 0.05) is 18.0 Å². The Kier molecular flexibility index (Phi) is 4.11. The molecule has 1 rings (SSSR count). The molecule has 2 N–H and O–H groups in total. The lowest BCUT2D eigenvalue weighted by molar-refractivity contribution is -0.120. The predicted octanol–water partition coefficient (Wildman–Crippen LogP) is 2.36. The molecule has 14 heavy (non-hydrogen) atoms.